The molecule has 6 heteroatoms. The normalized spacial score (nSPS) is 11.5. The Bertz CT molecular complexity index is 732. The lowest BCUT2D eigenvalue weighted by Crippen LogP contribution is -2.37. The van der Waals surface area contributed by atoms with Crippen molar-refractivity contribution >= 4 is 11.8 Å². The van der Waals surface area contributed by atoms with Crippen molar-refractivity contribution in [1.82, 2.24) is 10.2 Å². The molecular formula is C21H26N2O4. The molecule has 1 unspecified atom stereocenters. The van der Waals surface area contributed by atoms with Gasteiger partial charge in [0.1, 0.15) is 5.75 Å². The molecule has 0 aromatic heterocycles. The summed E-state index contributed by atoms with van der Waals surface area (Å²) in [5.41, 5.74) is 1.81. The van der Waals surface area contributed by atoms with Gasteiger partial charge < -0.3 is 20.1 Å². The molecule has 0 heterocycles. The Morgan fingerprint density at radius 3 is 2.33 bits per heavy atom. The number of nitrogens with zero attached hydrogens (tertiary/aromatic N) is 1. The lowest BCUT2D eigenvalue weighted by atomic mass is 10.0. The van der Waals surface area contributed by atoms with Gasteiger partial charge in [-0.1, -0.05) is 42.5 Å². The van der Waals surface area contributed by atoms with Gasteiger partial charge in [-0.2, -0.15) is 0 Å². The van der Waals surface area contributed by atoms with Gasteiger partial charge in [-0.3, -0.25) is 9.59 Å². The van der Waals surface area contributed by atoms with E-state index in [4.69, 9.17) is 4.74 Å². The van der Waals surface area contributed by atoms with Crippen molar-refractivity contribution < 1.29 is 19.4 Å². The summed E-state index contributed by atoms with van der Waals surface area (Å²) in [6.45, 7) is 1.96. The Hall–Kier alpha value is -2.86. The minimum Gasteiger partial charge on any atom is -0.497 e. The highest BCUT2D eigenvalue weighted by atomic mass is 16.5. The lowest BCUT2D eigenvalue weighted by Gasteiger charge is -2.25. The molecule has 6 nitrogen and oxygen atoms in total. The Balaban J connectivity index is 2.14. The molecule has 144 valence electrons. The van der Waals surface area contributed by atoms with Crippen LogP contribution in [-0.4, -0.2) is 42.1 Å². The maximum atomic E-state index is 12.9. The van der Waals surface area contributed by atoms with Crippen LogP contribution in [0.1, 0.15) is 30.5 Å². The van der Waals surface area contributed by atoms with Gasteiger partial charge in [0.15, 0.2) is 0 Å². The number of amides is 2. The third-order valence-electron chi connectivity index (χ3n) is 4.21. The van der Waals surface area contributed by atoms with E-state index < -0.39 is 6.04 Å². The van der Waals surface area contributed by atoms with Crippen LogP contribution in [0.15, 0.2) is 54.6 Å². The molecule has 0 aliphatic rings. The second-order valence-corrected chi connectivity index (χ2v) is 6.25. The number of nitrogens with one attached hydrogen (secondary N) is 1. The first-order valence-corrected chi connectivity index (χ1v) is 8.87. The molecule has 1 atom stereocenters. The Kier molecular flexibility index (Phi) is 7.82. The number of methoxy groups -OCH3 is 1. The molecule has 0 spiro atoms. The van der Waals surface area contributed by atoms with Crippen LogP contribution in [0.2, 0.25) is 0 Å². The lowest BCUT2D eigenvalue weighted by molar-refractivity contribution is -0.133. The standard InChI is InChI=1S/C21H26N2O4/c1-16(25)22-20(18-8-10-19(27-2)11-9-18)14-21(26)23(12-13-24)15-17-6-4-3-5-7-17/h3-11,20,24H,12-15H2,1-2H3,(H,22,25). The topological polar surface area (TPSA) is 78.9 Å². The summed E-state index contributed by atoms with van der Waals surface area (Å²) in [6, 6.07) is 16.4. The van der Waals surface area contributed by atoms with Crippen molar-refractivity contribution in [2.24, 2.45) is 0 Å². The second-order valence-electron chi connectivity index (χ2n) is 6.25. The zero-order valence-corrected chi connectivity index (χ0v) is 15.7. The first-order chi connectivity index (χ1) is 13.0. The maximum absolute atomic E-state index is 12.9. The summed E-state index contributed by atoms with van der Waals surface area (Å²) in [5, 5.41) is 12.2. The monoisotopic (exact) mass is 370 g/mol. The molecule has 0 radical (unpaired) electrons. The SMILES string of the molecule is COc1ccc(C(CC(=O)N(CCO)Cc2ccccc2)NC(C)=O)cc1. The predicted octanol–water partition coefficient (Wildman–Crippen LogP) is 2.28. The molecule has 0 fully saturated rings. The summed E-state index contributed by atoms with van der Waals surface area (Å²) >= 11 is 0. The molecule has 2 aromatic rings. The average Bonchev–Trinajstić information content (AvgIpc) is 2.67. The van der Waals surface area contributed by atoms with E-state index >= 15 is 0 Å². The van der Waals surface area contributed by atoms with E-state index in [1.54, 1.807) is 24.1 Å². The second kappa shape index (κ2) is 10.3. The van der Waals surface area contributed by atoms with Gasteiger partial charge in [0.25, 0.3) is 0 Å². The molecular weight excluding hydrogens is 344 g/mol. The highest BCUT2D eigenvalue weighted by molar-refractivity contribution is 5.79. The number of aliphatic hydroxyl groups is 1. The zero-order valence-electron chi connectivity index (χ0n) is 15.7. The average molecular weight is 370 g/mol. The fraction of sp³-hybridized carbons (Fsp3) is 0.333. The summed E-state index contributed by atoms with van der Waals surface area (Å²) in [5.74, 6) is 0.362. The Morgan fingerprint density at radius 1 is 1.11 bits per heavy atom. The van der Waals surface area contributed by atoms with Gasteiger partial charge in [-0.05, 0) is 23.3 Å². The minimum atomic E-state index is -0.446. The van der Waals surface area contributed by atoms with Crippen LogP contribution in [0.3, 0.4) is 0 Å². The highest BCUT2D eigenvalue weighted by Crippen LogP contribution is 2.22. The van der Waals surface area contributed by atoms with E-state index in [-0.39, 0.29) is 31.4 Å². The van der Waals surface area contributed by atoms with Crippen molar-refractivity contribution in [3.63, 3.8) is 0 Å². The number of benzene rings is 2. The Labute approximate surface area is 159 Å². The van der Waals surface area contributed by atoms with Crippen LogP contribution in [0.5, 0.6) is 5.75 Å². The van der Waals surface area contributed by atoms with Crippen LogP contribution in [0, 0.1) is 0 Å². The molecule has 0 bridgehead atoms. The van der Waals surface area contributed by atoms with E-state index in [1.165, 1.54) is 6.92 Å². The fourth-order valence-electron chi connectivity index (χ4n) is 2.85. The van der Waals surface area contributed by atoms with Crippen molar-refractivity contribution in [3.8, 4) is 5.75 Å². The molecule has 2 N–H and O–H groups in total. The first-order valence-electron chi connectivity index (χ1n) is 8.87. The van der Waals surface area contributed by atoms with Gasteiger partial charge in [0, 0.05) is 20.0 Å². The number of carbonyl (C=O) groups is 2. The molecule has 2 aromatic carbocycles. The number of aliphatic hydroxyl groups excluding tert-OH is 1. The fourth-order valence-corrected chi connectivity index (χ4v) is 2.85. The third-order valence-corrected chi connectivity index (χ3v) is 4.21. The minimum absolute atomic E-state index is 0.110. The summed E-state index contributed by atoms with van der Waals surface area (Å²) in [7, 11) is 1.58. The molecule has 0 aliphatic heterocycles. The van der Waals surface area contributed by atoms with Crippen LogP contribution in [-0.2, 0) is 16.1 Å². The zero-order chi connectivity index (χ0) is 19.6. The van der Waals surface area contributed by atoms with Crippen molar-refractivity contribution in [3.05, 3.63) is 65.7 Å². The number of carbonyl (C=O) groups excluding carboxylic acids is 2. The predicted molar refractivity (Wildman–Crippen MR) is 103 cm³/mol. The van der Waals surface area contributed by atoms with Crippen molar-refractivity contribution in [2.75, 3.05) is 20.3 Å². The van der Waals surface area contributed by atoms with Crippen molar-refractivity contribution in [1.29, 1.82) is 0 Å². The largest absolute Gasteiger partial charge is 0.497 e. The van der Waals surface area contributed by atoms with Crippen LogP contribution >= 0.6 is 0 Å². The molecule has 2 amide bonds. The smallest absolute Gasteiger partial charge is 0.225 e. The van der Waals surface area contributed by atoms with Crippen LogP contribution in [0.4, 0.5) is 0 Å². The van der Waals surface area contributed by atoms with Gasteiger partial charge in [-0.25, -0.2) is 0 Å². The number of ether oxygens (including phenoxy) is 1. The number of hydrogen-bond donors (Lipinski definition) is 2. The quantitative estimate of drug-likeness (QED) is 0.710. The number of hydrogen-bond acceptors (Lipinski definition) is 4. The van der Waals surface area contributed by atoms with Gasteiger partial charge in [0.2, 0.25) is 11.8 Å². The maximum Gasteiger partial charge on any atom is 0.225 e. The third kappa shape index (κ3) is 6.42. The van der Waals surface area contributed by atoms with Gasteiger partial charge in [0.05, 0.1) is 26.2 Å². The van der Waals surface area contributed by atoms with Crippen molar-refractivity contribution in [2.45, 2.75) is 25.9 Å². The summed E-state index contributed by atoms with van der Waals surface area (Å²) in [4.78, 5) is 26.1. The summed E-state index contributed by atoms with van der Waals surface area (Å²) < 4.78 is 5.16. The van der Waals surface area contributed by atoms with E-state index in [1.807, 2.05) is 42.5 Å². The van der Waals surface area contributed by atoms with E-state index in [9.17, 15) is 14.7 Å². The molecule has 0 saturated heterocycles. The van der Waals surface area contributed by atoms with Crippen LogP contribution in [0.25, 0.3) is 0 Å². The summed E-state index contributed by atoms with van der Waals surface area (Å²) in [6.07, 6.45) is 0.110. The Morgan fingerprint density at radius 2 is 1.78 bits per heavy atom. The highest BCUT2D eigenvalue weighted by Gasteiger charge is 2.21. The first kappa shape index (κ1) is 20.5. The number of rotatable bonds is 9. The van der Waals surface area contributed by atoms with Gasteiger partial charge >= 0.3 is 0 Å². The van der Waals surface area contributed by atoms with Gasteiger partial charge in [-0.15, -0.1) is 0 Å². The van der Waals surface area contributed by atoms with E-state index in [0.717, 1.165) is 11.1 Å². The van der Waals surface area contributed by atoms with Crippen LogP contribution < -0.4 is 10.1 Å². The molecule has 0 saturated carbocycles. The van der Waals surface area contributed by atoms with E-state index in [2.05, 4.69) is 5.32 Å². The molecule has 2 rings (SSSR count). The molecule has 0 aliphatic carbocycles. The molecule has 27 heavy (non-hydrogen) atoms. The van der Waals surface area contributed by atoms with E-state index in [0.29, 0.717) is 12.3 Å².